The maximum Gasteiger partial charge on any atom is 0.338 e. The highest BCUT2D eigenvalue weighted by atomic mass is 35.5. The molecule has 1 N–H and O–H groups in total. The lowest BCUT2D eigenvalue weighted by atomic mass is 10.2. The summed E-state index contributed by atoms with van der Waals surface area (Å²) in [5, 5.41) is 7.49. The van der Waals surface area contributed by atoms with Gasteiger partial charge in [-0.1, -0.05) is 24.6 Å². The van der Waals surface area contributed by atoms with E-state index in [1.807, 2.05) is 6.92 Å². The number of halogens is 1. The quantitative estimate of drug-likeness (QED) is 0.497. The minimum absolute atomic E-state index is 0.119. The molecule has 0 radical (unpaired) electrons. The normalized spacial score (nSPS) is 11.5. The van der Waals surface area contributed by atoms with Gasteiger partial charge in [0.1, 0.15) is 0 Å². The number of esters is 1. The second kappa shape index (κ2) is 10.8. The average molecular weight is 470 g/mol. The monoisotopic (exact) mass is 469 g/mol. The van der Waals surface area contributed by atoms with E-state index in [-0.39, 0.29) is 24.0 Å². The van der Waals surface area contributed by atoms with Crippen LogP contribution in [0.25, 0.3) is 5.69 Å². The fraction of sp³-hybridized carbons (Fsp3) is 0.250. The Morgan fingerprint density at radius 2 is 1.82 bits per heavy atom. The van der Waals surface area contributed by atoms with Gasteiger partial charge in [-0.15, -0.1) is 5.10 Å². The molecule has 1 amide bonds. The van der Waals surface area contributed by atoms with E-state index in [0.717, 1.165) is 5.56 Å². The molecule has 9 heteroatoms. The third kappa shape index (κ3) is 5.98. The molecule has 0 unspecified atom stereocenters. The van der Waals surface area contributed by atoms with Gasteiger partial charge in [-0.05, 0) is 62.2 Å². The van der Waals surface area contributed by atoms with Crippen LogP contribution in [-0.2, 0) is 9.53 Å². The summed E-state index contributed by atoms with van der Waals surface area (Å²) >= 11 is 6.07. The molecule has 3 rings (SSSR count). The van der Waals surface area contributed by atoms with Crippen LogP contribution in [0.15, 0.2) is 59.4 Å². The van der Waals surface area contributed by atoms with Gasteiger partial charge < -0.3 is 14.8 Å². The Balaban J connectivity index is 1.75. The molecular weight excluding hydrogens is 446 g/mol. The maximum absolute atomic E-state index is 12.7. The summed E-state index contributed by atoms with van der Waals surface area (Å²) in [7, 11) is 0. The molecule has 33 heavy (non-hydrogen) atoms. The predicted molar refractivity (Wildman–Crippen MR) is 125 cm³/mol. The lowest BCUT2D eigenvalue weighted by Gasteiger charge is -2.17. The SMILES string of the molecule is CCOC(=O)c1ccc(NC(=O)[C@H](CC)Oc2ccc(=O)n(-c3cc(Cl)ccc3C)n2)cc1. The van der Waals surface area contributed by atoms with E-state index in [0.29, 0.717) is 28.4 Å². The molecule has 0 saturated heterocycles. The lowest BCUT2D eigenvalue weighted by molar-refractivity contribution is -0.123. The van der Waals surface area contributed by atoms with Crippen LogP contribution >= 0.6 is 11.6 Å². The zero-order valence-electron chi connectivity index (χ0n) is 18.5. The van der Waals surface area contributed by atoms with E-state index in [9.17, 15) is 14.4 Å². The Kier molecular flexibility index (Phi) is 7.84. The molecule has 8 nitrogen and oxygen atoms in total. The largest absolute Gasteiger partial charge is 0.463 e. The van der Waals surface area contributed by atoms with Gasteiger partial charge in [0.25, 0.3) is 11.5 Å². The number of benzene rings is 2. The Labute approximate surface area is 196 Å². The molecule has 0 aliphatic heterocycles. The van der Waals surface area contributed by atoms with E-state index in [1.54, 1.807) is 56.3 Å². The van der Waals surface area contributed by atoms with Gasteiger partial charge in [-0.3, -0.25) is 9.59 Å². The first kappa shape index (κ1) is 24.0. The summed E-state index contributed by atoms with van der Waals surface area (Å²) < 4.78 is 11.9. The van der Waals surface area contributed by atoms with Crippen LogP contribution in [-0.4, -0.2) is 34.4 Å². The molecule has 0 bridgehead atoms. The lowest BCUT2D eigenvalue weighted by Crippen LogP contribution is -2.33. The van der Waals surface area contributed by atoms with Crippen molar-refractivity contribution in [2.75, 3.05) is 11.9 Å². The van der Waals surface area contributed by atoms with Crippen molar-refractivity contribution in [1.82, 2.24) is 9.78 Å². The number of nitrogens with one attached hydrogen (secondary N) is 1. The third-order valence-electron chi connectivity index (χ3n) is 4.76. The van der Waals surface area contributed by atoms with Crippen molar-refractivity contribution in [3.05, 3.63) is 81.1 Å². The Hall–Kier alpha value is -3.65. The number of aryl methyl sites for hydroxylation is 1. The number of aromatic nitrogens is 2. The van der Waals surface area contributed by atoms with Crippen LogP contribution in [0.2, 0.25) is 5.02 Å². The number of rotatable bonds is 8. The van der Waals surface area contributed by atoms with Crippen LogP contribution < -0.4 is 15.6 Å². The smallest absolute Gasteiger partial charge is 0.338 e. The summed E-state index contributed by atoms with van der Waals surface area (Å²) in [4.78, 5) is 36.9. The predicted octanol–water partition coefficient (Wildman–Crippen LogP) is 4.17. The molecule has 172 valence electrons. The number of amides is 1. The minimum Gasteiger partial charge on any atom is -0.463 e. The van der Waals surface area contributed by atoms with Gasteiger partial charge in [0.2, 0.25) is 5.88 Å². The van der Waals surface area contributed by atoms with Crippen LogP contribution in [0, 0.1) is 6.92 Å². The molecule has 0 aliphatic carbocycles. The number of nitrogens with zero attached hydrogens (tertiary/aromatic N) is 2. The van der Waals surface area contributed by atoms with Crippen LogP contribution in [0.3, 0.4) is 0 Å². The topological polar surface area (TPSA) is 99.5 Å². The van der Waals surface area contributed by atoms with E-state index >= 15 is 0 Å². The van der Waals surface area contributed by atoms with Crippen molar-refractivity contribution in [1.29, 1.82) is 0 Å². The van der Waals surface area contributed by atoms with E-state index in [2.05, 4.69) is 10.4 Å². The van der Waals surface area contributed by atoms with Crippen LogP contribution in [0.1, 0.15) is 36.2 Å². The molecule has 1 heterocycles. The van der Waals surface area contributed by atoms with Crippen molar-refractivity contribution in [3.8, 4) is 11.6 Å². The molecule has 0 aliphatic rings. The average Bonchev–Trinajstić information content (AvgIpc) is 2.80. The molecule has 0 fully saturated rings. The van der Waals surface area contributed by atoms with Crippen molar-refractivity contribution >= 4 is 29.2 Å². The molecule has 1 aromatic heterocycles. The van der Waals surface area contributed by atoms with Gasteiger partial charge in [-0.2, -0.15) is 4.68 Å². The second-order valence-corrected chi connectivity index (χ2v) is 7.59. The van der Waals surface area contributed by atoms with Crippen molar-refractivity contribution in [3.63, 3.8) is 0 Å². The summed E-state index contributed by atoms with van der Waals surface area (Å²) in [5.41, 5.74) is 1.87. The Bertz CT molecular complexity index is 1210. The first-order chi connectivity index (χ1) is 15.8. The maximum atomic E-state index is 12.7. The van der Waals surface area contributed by atoms with Crippen molar-refractivity contribution in [2.24, 2.45) is 0 Å². The zero-order valence-corrected chi connectivity index (χ0v) is 19.3. The van der Waals surface area contributed by atoms with Crippen molar-refractivity contribution < 1.29 is 19.1 Å². The molecule has 0 saturated carbocycles. The van der Waals surface area contributed by atoms with Gasteiger partial charge in [0.15, 0.2) is 6.10 Å². The minimum atomic E-state index is -0.853. The highest BCUT2D eigenvalue weighted by molar-refractivity contribution is 6.30. The molecule has 3 aromatic rings. The Morgan fingerprint density at radius 1 is 1.09 bits per heavy atom. The molecular formula is C24H24ClN3O5. The first-order valence-electron chi connectivity index (χ1n) is 10.4. The Morgan fingerprint density at radius 3 is 2.48 bits per heavy atom. The van der Waals surface area contributed by atoms with Crippen molar-refractivity contribution in [2.45, 2.75) is 33.3 Å². The molecule has 0 spiro atoms. The molecule has 1 atom stereocenters. The summed E-state index contributed by atoms with van der Waals surface area (Å²) in [6.07, 6.45) is -0.488. The highest BCUT2D eigenvalue weighted by Gasteiger charge is 2.20. The van der Waals surface area contributed by atoms with Gasteiger partial charge in [0, 0.05) is 22.8 Å². The zero-order chi connectivity index (χ0) is 24.0. The number of hydrogen-bond acceptors (Lipinski definition) is 6. The number of carbonyl (C=O) groups excluding carboxylic acids is 2. The van der Waals surface area contributed by atoms with E-state index < -0.39 is 12.1 Å². The summed E-state index contributed by atoms with van der Waals surface area (Å²) in [6.45, 7) is 5.65. The standard InChI is InChI=1S/C24H24ClN3O5/c1-4-20(23(30)26-18-10-7-16(8-11-18)24(31)32-5-2)33-21-12-13-22(29)28(27-21)19-14-17(25)9-6-15(19)3/h6-14,20H,4-5H2,1-3H3,(H,26,30)/t20-/m0/s1. The second-order valence-electron chi connectivity index (χ2n) is 7.15. The van der Waals surface area contributed by atoms with Gasteiger partial charge >= 0.3 is 5.97 Å². The van der Waals surface area contributed by atoms with Crippen LogP contribution in [0.4, 0.5) is 5.69 Å². The number of carbonyl (C=O) groups is 2. The fourth-order valence-corrected chi connectivity index (χ4v) is 3.20. The van der Waals surface area contributed by atoms with E-state index in [1.165, 1.54) is 16.8 Å². The summed E-state index contributed by atoms with van der Waals surface area (Å²) in [5.74, 6) is -0.699. The number of ether oxygens (including phenoxy) is 2. The van der Waals surface area contributed by atoms with Gasteiger partial charge in [-0.25, -0.2) is 4.79 Å². The third-order valence-corrected chi connectivity index (χ3v) is 5.00. The molecule has 2 aromatic carbocycles. The van der Waals surface area contributed by atoms with Gasteiger partial charge in [0.05, 0.1) is 17.9 Å². The van der Waals surface area contributed by atoms with Crippen LogP contribution in [0.5, 0.6) is 5.88 Å². The highest BCUT2D eigenvalue weighted by Crippen LogP contribution is 2.19. The fourth-order valence-electron chi connectivity index (χ4n) is 3.04. The van der Waals surface area contributed by atoms with E-state index in [4.69, 9.17) is 21.1 Å². The summed E-state index contributed by atoms with van der Waals surface area (Å²) in [6, 6.07) is 14.2. The first-order valence-corrected chi connectivity index (χ1v) is 10.8. The number of anilines is 1. The number of hydrogen-bond donors (Lipinski definition) is 1.